The Bertz CT molecular complexity index is 395. The topological polar surface area (TPSA) is 50.7 Å². The first-order chi connectivity index (χ1) is 9.52. The van der Waals surface area contributed by atoms with E-state index in [1.807, 2.05) is 19.1 Å². The second-order valence-corrected chi connectivity index (χ2v) is 5.45. The van der Waals surface area contributed by atoms with E-state index in [0.717, 1.165) is 24.5 Å². The van der Waals surface area contributed by atoms with Gasteiger partial charge in [0.1, 0.15) is 18.5 Å². The minimum atomic E-state index is -0.509. The molecule has 0 bridgehead atoms. The molecular formula is C16H27NO3. The maximum absolute atomic E-state index is 9.88. The van der Waals surface area contributed by atoms with Crippen LogP contribution >= 0.6 is 0 Å². The first-order valence-electron chi connectivity index (χ1n) is 7.10. The number of aliphatic hydroxyl groups is 1. The molecule has 0 saturated carbocycles. The van der Waals surface area contributed by atoms with E-state index in [4.69, 9.17) is 9.47 Å². The third kappa shape index (κ3) is 6.37. The van der Waals surface area contributed by atoms with Crippen LogP contribution in [0.5, 0.6) is 5.75 Å². The van der Waals surface area contributed by atoms with E-state index >= 15 is 0 Å². The molecule has 0 radical (unpaired) electrons. The number of nitrogens with one attached hydrogen (secondary N) is 1. The van der Waals surface area contributed by atoms with E-state index in [2.05, 4.69) is 25.2 Å². The van der Waals surface area contributed by atoms with Crippen LogP contribution < -0.4 is 10.1 Å². The zero-order valence-corrected chi connectivity index (χ0v) is 13.0. The van der Waals surface area contributed by atoms with Crippen molar-refractivity contribution in [2.75, 3.05) is 33.4 Å². The summed E-state index contributed by atoms with van der Waals surface area (Å²) in [6, 6.07) is 6.04. The third-order valence-corrected chi connectivity index (χ3v) is 3.09. The molecular weight excluding hydrogens is 254 g/mol. The SMILES string of the molecule is COCC(C)CNCC(O)COc1ccc(C)cc1C. The molecule has 4 heteroatoms. The average molecular weight is 281 g/mol. The Kier molecular flexibility index (Phi) is 7.59. The Morgan fingerprint density at radius 1 is 1.20 bits per heavy atom. The number of aryl methyl sites for hydroxylation is 2. The zero-order valence-electron chi connectivity index (χ0n) is 13.0. The molecule has 0 aromatic heterocycles. The van der Waals surface area contributed by atoms with Gasteiger partial charge in [-0.25, -0.2) is 0 Å². The van der Waals surface area contributed by atoms with E-state index in [9.17, 15) is 5.11 Å². The minimum absolute atomic E-state index is 0.301. The second-order valence-electron chi connectivity index (χ2n) is 5.45. The van der Waals surface area contributed by atoms with E-state index in [1.165, 1.54) is 5.56 Å². The van der Waals surface area contributed by atoms with Gasteiger partial charge in [0.25, 0.3) is 0 Å². The lowest BCUT2D eigenvalue weighted by Gasteiger charge is -2.16. The van der Waals surface area contributed by atoms with Crippen molar-refractivity contribution in [3.8, 4) is 5.75 Å². The maximum atomic E-state index is 9.88. The molecule has 1 aromatic carbocycles. The summed E-state index contributed by atoms with van der Waals surface area (Å²) in [5.41, 5.74) is 2.31. The van der Waals surface area contributed by atoms with Gasteiger partial charge in [-0.05, 0) is 37.9 Å². The van der Waals surface area contributed by atoms with Crippen LogP contribution in [0.3, 0.4) is 0 Å². The summed E-state index contributed by atoms with van der Waals surface area (Å²) in [5.74, 6) is 1.27. The molecule has 0 amide bonds. The van der Waals surface area contributed by atoms with Crippen LogP contribution in [0.1, 0.15) is 18.1 Å². The van der Waals surface area contributed by atoms with Gasteiger partial charge in [0.15, 0.2) is 0 Å². The number of rotatable bonds is 9. The van der Waals surface area contributed by atoms with E-state index in [-0.39, 0.29) is 0 Å². The standard InChI is InChI=1S/C16H27NO3/c1-12-5-6-16(14(3)7-12)20-11-15(18)9-17-8-13(2)10-19-4/h5-7,13,15,17-18H,8-11H2,1-4H3. The van der Waals surface area contributed by atoms with Crippen LogP contribution in [0.4, 0.5) is 0 Å². The molecule has 0 spiro atoms. The van der Waals surface area contributed by atoms with Gasteiger partial charge in [-0.3, -0.25) is 0 Å². The summed E-state index contributed by atoms with van der Waals surface area (Å²) in [4.78, 5) is 0. The average Bonchev–Trinajstić information content (AvgIpc) is 2.38. The summed E-state index contributed by atoms with van der Waals surface area (Å²) in [6.07, 6.45) is -0.509. The Morgan fingerprint density at radius 3 is 2.60 bits per heavy atom. The van der Waals surface area contributed by atoms with Gasteiger partial charge >= 0.3 is 0 Å². The van der Waals surface area contributed by atoms with Crippen LogP contribution in [0.15, 0.2) is 18.2 Å². The normalized spacial score (nSPS) is 14.1. The molecule has 0 saturated heterocycles. The van der Waals surface area contributed by atoms with Crippen molar-refractivity contribution in [3.63, 3.8) is 0 Å². The number of hydrogen-bond donors (Lipinski definition) is 2. The van der Waals surface area contributed by atoms with Crippen molar-refractivity contribution < 1.29 is 14.6 Å². The minimum Gasteiger partial charge on any atom is -0.491 e. The van der Waals surface area contributed by atoms with E-state index in [1.54, 1.807) is 7.11 Å². The van der Waals surface area contributed by atoms with Crippen LogP contribution in [0.25, 0.3) is 0 Å². The van der Waals surface area contributed by atoms with Gasteiger partial charge in [-0.15, -0.1) is 0 Å². The first kappa shape index (κ1) is 17.0. The summed E-state index contributed by atoms with van der Waals surface area (Å²) in [6.45, 7) is 8.55. The highest BCUT2D eigenvalue weighted by molar-refractivity contribution is 5.35. The van der Waals surface area contributed by atoms with Gasteiger partial charge in [0.05, 0.1) is 0 Å². The number of ether oxygens (including phenoxy) is 2. The molecule has 2 atom stereocenters. The molecule has 0 aliphatic rings. The highest BCUT2D eigenvalue weighted by Gasteiger charge is 2.08. The van der Waals surface area contributed by atoms with Crippen LogP contribution in [0, 0.1) is 19.8 Å². The highest BCUT2D eigenvalue weighted by atomic mass is 16.5. The lowest BCUT2D eigenvalue weighted by atomic mass is 10.1. The summed E-state index contributed by atoms with van der Waals surface area (Å²) >= 11 is 0. The predicted molar refractivity (Wildman–Crippen MR) is 81.3 cm³/mol. The first-order valence-corrected chi connectivity index (χ1v) is 7.10. The van der Waals surface area contributed by atoms with Crippen molar-refractivity contribution in [1.82, 2.24) is 5.32 Å². The summed E-state index contributed by atoms with van der Waals surface area (Å²) in [5, 5.41) is 13.1. The molecule has 0 fully saturated rings. The lowest BCUT2D eigenvalue weighted by Crippen LogP contribution is -2.34. The fraction of sp³-hybridized carbons (Fsp3) is 0.625. The molecule has 20 heavy (non-hydrogen) atoms. The number of aliphatic hydroxyl groups excluding tert-OH is 1. The lowest BCUT2D eigenvalue weighted by molar-refractivity contribution is 0.102. The molecule has 2 N–H and O–H groups in total. The fourth-order valence-electron chi connectivity index (χ4n) is 2.05. The largest absolute Gasteiger partial charge is 0.491 e. The van der Waals surface area contributed by atoms with Crippen molar-refractivity contribution in [3.05, 3.63) is 29.3 Å². The monoisotopic (exact) mass is 281 g/mol. The predicted octanol–water partition coefficient (Wildman–Crippen LogP) is 1.92. The van der Waals surface area contributed by atoms with Crippen LogP contribution in [0.2, 0.25) is 0 Å². The van der Waals surface area contributed by atoms with Gasteiger partial charge in [0.2, 0.25) is 0 Å². The number of benzene rings is 1. The zero-order chi connectivity index (χ0) is 15.0. The smallest absolute Gasteiger partial charge is 0.122 e. The molecule has 0 aliphatic carbocycles. The molecule has 4 nitrogen and oxygen atoms in total. The molecule has 1 aromatic rings. The maximum Gasteiger partial charge on any atom is 0.122 e. The molecule has 0 heterocycles. The van der Waals surface area contributed by atoms with Gasteiger partial charge in [-0.1, -0.05) is 24.6 Å². The Morgan fingerprint density at radius 2 is 1.95 bits per heavy atom. The Labute approximate surface area is 122 Å². The Balaban J connectivity index is 2.24. The van der Waals surface area contributed by atoms with Crippen LogP contribution in [-0.4, -0.2) is 44.6 Å². The summed E-state index contributed by atoms with van der Waals surface area (Å²) in [7, 11) is 1.70. The van der Waals surface area contributed by atoms with Crippen molar-refractivity contribution >= 4 is 0 Å². The number of hydrogen-bond acceptors (Lipinski definition) is 4. The van der Waals surface area contributed by atoms with Crippen LogP contribution in [-0.2, 0) is 4.74 Å². The van der Waals surface area contributed by atoms with Gasteiger partial charge in [-0.2, -0.15) is 0 Å². The van der Waals surface area contributed by atoms with Gasteiger partial charge in [0, 0.05) is 20.3 Å². The van der Waals surface area contributed by atoms with Crippen molar-refractivity contribution in [1.29, 1.82) is 0 Å². The van der Waals surface area contributed by atoms with Crippen molar-refractivity contribution in [2.45, 2.75) is 26.9 Å². The fourth-order valence-corrected chi connectivity index (χ4v) is 2.05. The Hall–Kier alpha value is -1.10. The molecule has 0 aliphatic heterocycles. The third-order valence-electron chi connectivity index (χ3n) is 3.09. The van der Waals surface area contributed by atoms with E-state index < -0.39 is 6.10 Å². The molecule has 1 rings (SSSR count). The number of methoxy groups -OCH3 is 1. The quantitative estimate of drug-likeness (QED) is 0.726. The van der Waals surface area contributed by atoms with Crippen molar-refractivity contribution in [2.24, 2.45) is 5.92 Å². The molecule has 2 unspecified atom stereocenters. The van der Waals surface area contributed by atoms with E-state index in [0.29, 0.717) is 19.1 Å². The molecule has 114 valence electrons. The second kappa shape index (κ2) is 8.95. The summed E-state index contributed by atoms with van der Waals surface area (Å²) < 4.78 is 10.7. The highest BCUT2D eigenvalue weighted by Crippen LogP contribution is 2.18. The van der Waals surface area contributed by atoms with Gasteiger partial charge < -0.3 is 19.9 Å².